The number of imidazole rings is 1. The number of nitrogens with one attached hydrogen (secondary N) is 3. The van der Waals surface area contributed by atoms with Crippen molar-refractivity contribution in [3.8, 4) is 0 Å². The Morgan fingerprint density at radius 1 is 1.07 bits per heavy atom. The van der Waals surface area contributed by atoms with E-state index in [1.807, 2.05) is 0 Å². The molecule has 1 fully saturated rings. The molecule has 7 nitrogen and oxygen atoms in total. The number of nitrogens with zero attached hydrogens (tertiary/aromatic N) is 2. The first-order valence-electron chi connectivity index (χ1n) is 13.1. The van der Waals surface area contributed by atoms with Crippen LogP contribution in [-0.2, 0) is 18.4 Å². The van der Waals surface area contributed by atoms with Crippen LogP contribution in [0.1, 0.15) is 62.4 Å². The lowest BCUT2D eigenvalue weighted by molar-refractivity contribution is -0.182. The van der Waals surface area contributed by atoms with E-state index in [9.17, 15) is 22.8 Å². The zero-order chi connectivity index (χ0) is 30.3. The van der Waals surface area contributed by atoms with Gasteiger partial charge in [0.2, 0.25) is 11.9 Å². The Morgan fingerprint density at radius 2 is 1.73 bits per heavy atom. The van der Waals surface area contributed by atoms with E-state index in [1.54, 1.807) is 44.5 Å². The number of hydrogen-bond acceptors (Lipinski definition) is 4. The van der Waals surface area contributed by atoms with E-state index in [2.05, 4.69) is 20.9 Å². The molecule has 0 aliphatic heterocycles. The van der Waals surface area contributed by atoms with Gasteiger partial charge in [-0.1, -0.05) is 50.0 Å². The van der Waals surface area contributed by atoms with Gasteiger partial charge in [0, 0.05) is 31.1 Å². The largest absolute Gasteiger partial charge is 0.391 e. The average molecular weight is 616 g/mol. The number of anilines is 2. The fraction of sp³-hybridized carbons (Fsp3) is 0.464. The molecule has 4 rings (SSSR count). The van der Waals surface area contributed by atoms with Crippen LogP contribution in [-0.4, -0.2) is 33.6 Å². The molecule has 13 heteroatoms. The lowest BCUT2D eigenvalue weighted by Crippen LogP contribution is -2.40. The summed E-state index contributed by atoms with van der Waals surface area (Å²) in [6.45, 7) is 5.56. The van der Waals surface area contributed by atoms with Crippen molar-refractivity contribution in [2.24, 2.45) is 18.4 Å². The topological polar surface area (TPSA) is 88.1 Å². The SMILES string of the molecule is Cn1c(Nc2c(Cl)ccc(CNC(=O)C(C)(C)C)c2Cl)nc2cc(C(=O)NC3CCC(C(F)(F)F)CC3)c(F)cc21. The molecule has 41 heavy (non-hydrogen) atoms. The summed E-state index contributed by atoms with van der Waals surface area (Å²) in [6.07, 6.45) is -4.09. The number of alkyl halides is 3. The summed E-state index contributed by atoms with van der Waals surface area (Å²) >= 11 is 13.0. The van der Waals surface area contributed by atoms with Crippen LogP contribution in [0.4, 0.5) is 29.2 Å². The van der Waals surface area contributed by atoms with E-state index in [4.69, 9.17) is 23.2 Å². The summed E-state index contributed by atoms with van der Waals surface area (Å²) in [5.74, 6) is -2.77. The predicted octanol–water partition coefficient (Wildman–Crippen LogP) is 7.28. The minimum atomic E-state index is -4.26. The highest BCUT2D eigenvalue weighted by molar-refractivity contribution is 6.39. The first-order valence-corrected chi connectivity index (χ1v) is 13.9. The number of hydrogen-bond donors (Lipinski definition) is 3. The monoisotopic (exact) mass is 615 g/mol. The highest BCUT2D eigenvalue weighted by Crippen LogP contribution is 2.38. The fourth-order valence-electron chi connectivity index (χ4n) is 4.73. The molecule has 1 aliphatic carbocycles. The summed E-state index contributed by atoms with van der Waals surface area (Å²) in [6, 6.07) is 5.32. The van der Waals surface area contributed by atoms with Gasteiger partial charge in [-0.15, -0.1) is 0 Å². The molecule has 0 radical (unpaired) electrons. The normalized spacial score (nSPS) is 17.9. The molecule has 0 saturated heterocycles. The minimum absolute atomic E-state index is 0.0828. The van der Waals surface area contributed by atoms with Crippen LogP contribution >= 0.6 is 23.2 Å². The Hall–Kier alpha value is -3.05. The quantitative estimate of drug-likeness (QED) is 0.254. The number of halogens is 6. The van der Waals surface area contributed by atoms with Gasteiger partial charge in [0.05, 0.1) is 38.2 Å². The first-order chi connectivity index (χ1) is 19.1. The second kappa shape index (κ2) is 11.7. The molecule has 0 unspecified atom stereocenters. The Labute approximate surface area is 245 Å². The van der Waals surface area contributed by atoms with Crippen LogP contribution in [0.3, 0.4) is 0 Å². The van der Waals surface area contributed by atoms with Crippen molar-refractivity contribution in [2.45, 2.75) is 65.2 Å². The molecule has 1 heterocycles. The number of aromatic nitrogens is 2. The van der Waals surface area contributed by atoms with Crippen molar-refractivity contribution in [2.75, 3.05) is 5.32 Å². The van der Waals surface area contributed by atoms with Crippen LogP contribution in [0, 0.1) is 17.2 Å². The molecule has 1 saturated carbocycles. The van der Waals surface area contributed by atoms with Crippen LogP contribution in [0.5, 0.6) is 0 Å². The van der Waals surface area contributed by atoms with Gasteiger partial charge < -0.3 is 20.5 Å². The molecule has 0 spiro atoms. The van der Waals surface area contributed by atoms with E-state index in [0.29, 0.717) is 27.3 Å². The molecule has 222 valence electrons. The highest BCUT2D eigenvalue weighted by atomic mass is 35.5. The Morgan fingerprint density at radius 3 is 2.34 bits per heavy atom. The number of benzene rings is 2. The van der Waals surface area contributed by atoms with Gasteiger partial charge in [0.1, 0.15) is 5.82 Å². The van der Waals surface area contributed by atoms with Gasteiger partial charge in [-0.2, -0.15) is 13.2 Å². The van der Waals surface area contributed by atoms with Crippen molar-refractivity contribution in [3.63, 3.8) is 0 Å². The summed E-state index contributed by atoms with van der Waals surface area (Å²) in [5.41, 5.74) is 0.806. The molecule has 1 aromatic heterocycles. The fourth-order valence-corrected chi connectivity index (χ4v) is 5.26. The van der Waals surface area contributed by atoms with Crippen molar-refractivity contribution in [3.05, 3.63) is 51.3 Å². The number of fused-ring (bicyclic) bond motifs is 1. The average Bonchev–Trinajstić information content (AvgIpc) is 3.18. The van der Waals surface area contributed by atoms with Gasteiger partial charge in [0.25, 0.3) is 5.91 Å². The van der Waals surface area contributed by atoms with Crippen molar-refractivity contribution < 1.29 is 27.2 Å². The van der Waals surface area contributed by atoms with Crippen LogP contribution in [0.2, 0.25) is 10.0 Å². The van der Waals surface area contributed by atoms with Crippen LogP contribution in [0.25, 0.3) is 11.0 Å². The summed E-state index contributed by atoms with van der Waals surface area (Å²) in [4.78, 5) is 29.6. The number of amides is 2. The molecule has 2 amide bonds. The molecular formula is C28H31Cl2F4N5O2. The third-order valence-corrected chi connectivity index (χ3v) is 8.01. The predicted molar refractivity (Wildman–Crippen MR) is 151 cm³/mol. The van der Waals surface area contributed by atoms with Gasteiger partial charge in [-0.25, -0.2) is 9.37 Å². The van der Waals surface area contributed by atoms with Gasteiger partial charge in [-0.3, -0.25) is 9.59 Å². The smallest absolute Gasteiger partial charge is 0.352 e. The van der Waals surface area contributed by atoms with Crippen molar-refractivity contribution >= 4 is 57.7 Å². The zero-order valence-corrected chi connectivity index (χ0v) is 24.5. The molecule has 3 N–H and O–H groups in total. The molecule has 0 bridgehead atoms. The van der Waals surface area contributed by atoms with E-state index >= 15 is 4.39 Å². The van der Waals surface area contributed by atoms with E-state index in [1.165, 1.54) is 12.1 Å². The van der Waals surface area contributed by atoms with Gasteiger partial charge in [-0.05, 0) is 43.4 Å². The molecular weight excluding hydrogens is 585 g/mol. The minimum Gasteiger partial charge on any atom is -0.352 e. The number of carbonyl (C=O) groups is 2. The van der Waals surface area contributed by atoms with Crippen LogP contribution in [0.15, 0.2) is 24.3 Å². The van der Waals surface area contributed by atoms with Crippen molar-refractivity contribution in [1.29, 1.82) is 0 Å². The molecule has 2 aromatic carbocycles. The van der Waals surface area contributed by atoms with Crippen LogP contribution < -0.4 is 16.0 Å². The molecule has 1 aliphatic rings. The highest BCUT2D eigenvalue weighted by Gasteiger charge is 2.41. The lowest BCUT2D eigenvalue weighted by atomic mass is 9.85. The second-order valence-electron chi connectivity index (χ2n) is 11.3. The van der Waals surface area contributed by atoms with E-state index < -0.39 is 35.3 Å². The summed E-state index contributed by atoms with van der Waals surface area (Å²) < 4.78 is 55.5. The van der Waals surface area contributed by atoms with Gasteiger partial charge >= 0.3 is 6.18 Å². The zero-order valence-electron chi connectivity index (χ0n) is 23.0. The summed E-state index contributed by atoms with van der Waals surface area (Å²) in [5, 5.41) is 9.13. The maximum atomic E-state index is 15.0. The van der Waals surface area contributed by atoms with Gasteiger partial charge in [0.15, 0.2) is 0 Å². The third-order valence-electron chi connectivity index (χ3n) is 7.27. The Bertz CT molecular complexity index is 1480. The maximum Gasteiger partial charge on any atom is 0.391 e. The molecule has 3 aromatic rings. The summed E-state index contributed by atoms with van der Waals surface area (Å²) in [7, 11) is 1.64. The Balaban J connectivity index is 1.53. The standard InChI is InChI=1S/C28H31Cl2F4N5O2/c1-27(2,3)25(41)35-13-14-5-10-18(29)23(22(14)30)38-26-37-20-11-17(19(31)12-21(20)39(26)4)24(40)36-16-8-6-15(7-9-16)28(32,33)34/h5,10-12,15-16H,6-9,13H2,1-4H3,(H,35,41)(H,36,40)(H,37,38). The Kier molecular flexibility index (Phi) is 8.80. The second-order valence-corrected chi connectivity index (χ2v) is 12.1. The van der Waals surface area contributed by atoms with E-state index in [-0.39, 0.29) is 54.7 Å². The number of rotatable bonds is 6. The lowest BCUT2D eigenvalue weighted by Gasteiger charge is -2.30. The maximum absolute atomic E-state index is 15.0. The molecule has 0 atom stereocenters. The first kappa shape index (κ1) is 30.9. The third kappa shape index (κ3) is 6.89. The number of aryl methyl sites for hydroxylation is 1. The van der Waals surface area contributed by atoms with E-state index in [0.717, 1.165) is 0 Å². The van der Waals surface area contributed by atoms with Crippen molar-refractivity contribution in [1.82, 2.24) is 20.2 Å². The number of carbonyl (C=O) groups excluding carboxylic acids is 2.